The SMILES string of the molecule is CCOc1c(OC)cc(CNC[C@H](O)c2ccc(F)cc2)cc1OC. The highest BCUT2D eigenvalue weighted by molar-refractivity contribution is 5.53. The molecule has 0 aliphatic carbocycles. The van der Waals surface area contributed by atoms with Crippen LogP contribution in [0.25, 0.3) is 0 Å². The molecule has 0 heterocycles. The van der Waals surface area contributed by atoms with Crippen molar-refractivity contribution in [2.45, 2.75) is 19.6 Å². The van der Waals surface area contributed by atoms with Crippen molar-refractivity contribution >= 4 is 0 Å². The molecule has 2 N–H and O–H groups in total. The van der Waals surface area contributed by atoms with Gasteiger partial charge in [0.15, 0.2) is 11.5 Å². The maximum atomic E-state index is 12.9. The average Bonchev–Trinajstić information content (AvgIpc) is 2.63. The number of benzene rings is 2. The van der Waals surface area contributed by atoms with Crippen LogP contribution in [-0.2, 0) is 6.54 Å². The minimum absolute atomic E-state index is 0.322. The van der Waals surface area contributed by atoms with Gasteiger partial charge in [-0.2, -0.15) is 0 Å². The Kier molecular flexibility index (Phi) is 7.03. The Labute approximate surface area is 147 Å². The van der Waals surface area contributed by atoms with Gasteiger partial charge in [-0.25, -0.2) is 4.39 Å². The number of halogens is 1. The predicted molar refractivity (Wildman–Crippen MR) is 93.8 cm³/mol. The zero-order valence-electron chi connectivity index (χ0n) is 14.7. The number of aliphatic hydroxyl groups excluding tert-OH is 1. The van der Waals surface area contributed by atoms with E-state index < -0.39 is 6.10 Å². The molecule has 6 heteroatoms. The number of hydrogen-bond acceptors (Lipinski definition) is 5. The van der Waals surface area contributed by atoms with Crippen molar-refractivity contribution < 1.29 is 23.7 Å². The monoisotopic (exact) mass is 349 g/mol. The van der Waals surface area contributed by atoms with Gasteiger partial charge in [-0.1, -0.05) is 12.1 Å². The molecule has 5 nitrogen and oxygen atoms in total. The zero-order valence-corrected chi connectivity index (χ0v) is 14.7. The highest BCUT2D eigenvalue weighted by Crippen LogP contribution is 2.38. The van der Waals surface area contributed by atoms with Gasteiger partial charge in [0, 0.05) is 13.1 Å². The van der Waals surface area contributed by atoms with E-state index in [-0.39, 0.29) is 5.82 Å². The van der Waals surface area contributed by atoms with Gasteiger partial charge in [0.25, 0.3) is 0 Å². The summed E-state index contributed by atoms with van der Waals surface area (Å²) in [4.78, 5) is 0. The summed E-state index contributed by atoms with van der Waals surface area (Å²) in [6.07, 6.45) is -0.716. The van der Waals surface area contributed by atoms with E-state index in [1.807, 2.05) is 19.1 Å². The topological polar surface area (TPSA) is 60.0 Å². The average molecular weight is 349 g/mol. The Balaban J connectivity index is 2.01. The largest absolute Gasteiger partial charge is 0.493 e. The number of methoxy groups -OCH3 is 2. The van der Waals surface area contributed by atoms with E-state index in [2.05, 4.69) is 5.32 Å². The van der Waals surface area contributed by atoms with Gasteiger partial charge in [-0.15, -0.1) is 0 Å². The molecule has 0 saturated carbocycles. The van der Waals surface area contributed by atoms with Crippen molar-refractivity contribution in [3.63, 3.8) is 0 Å². The van der Waals surface area contributed by atoms with Crippen molar-refractivity contribution in [1.82, 2.24) is 5.32 Å². The fraction of sp³-hybridized carbons (Fsp3) is 0.368. The lowest BCUT2D eigenvalue weighted by atomic mass is 10.1. The summed E-state index contributed by atoms with van der Waals surface area (Å²) in [5.41, 5.74) is 1.60. The van der Waals surface area contributed by atoms with Gasteiger partial charge in [0.05, 0.1) is 26.9 Å². The standard InChI is InChI=1S/C19H24FNO4/c1-4-25-19-17(23-2)9-13(10-18(19)24-3)11-21-12-16(22)14-5-7-15(20)8-6-14/h5-10,16,21-22H,4,11-12H2,1-3H3/t16-/m0/s1. The molecule has 0 aliphatic rings. The number of nitrogens with one attached hydrogen (secondary N) is 1. The summed E-state index contributed by atoms with van der Waals surface area (Å²) in [5.74, 6) is 1.44. The van der Waals surface area contributed by atoms with E-state index in [1.54, 1.807) is 26.4 Å². The first kappa shape index (κ1) is 19.0. The van der Waals surface area contributed by atoms with E-state index in [0.717, 1.165) is 5.56 Å². The van der Waals surface area contributed by atoms with E-state index in [0.29, 0.717) is 42.5 Å². The Hall–Kier alpha value is -2.31. The van der Waals surface area contributed by atoms with E-state index in [1.165, 1.54) is 12.1 Å². The van der Waals surface area contributed by atoms with Gasteiger partial charge in [-0.05, 0) is 42.3 Å². The third-order valence-corrected chi connectivity index (χ3v) is 3.73. The lowest BCUT2D eigenvalue weighted by Crippen LogP contribution is -2.21. The van der Waals surface area contributed by atoms with Crippen LogP contribution in [0.1, 0.15) is 24.2 Å². The van der Waals surface area contributed by atoms with Crippen LogP contribution in [0.2, 0.25) is 0 Å². The first-order valence-corrected chi connectivity index (χ1v) is 8.11. The highest BCUT2D eigenvalue weighted by atomic mass is 19.1. The van der Waals surface area contributed by atoms with Crippen molar-refractivity contribution in [2.75, 3.05) is 27.4 Å². The Morgan fingerprint density at radius 2 is 1.68 bits per heavy atom. The van der Waals surface area contributed by atoms with Crippen LogP contribution in [0.4, 0.5) is 4.39 Å². The third-order valence-electron chi connectivity index (χ3n) is 3.73. The molecule has 136 valence electrons. The summed E-state index contributed by atoms with van der Waals surface area (Å²) in [6.45, 7) is 3.25. The van der Waals surface area contributed by atoms with Gasteiger partial charge in [0.1, 0.15) is 5.82 Å². The normalized spacial score (nSPS) is 11.9. The van der Waals surface area contributed by atoms with E-state index in [9.17, 15) is 9.50 Å². The maximum absolute atomic E-state index is 12.9. The van der Waals surface area contributed by atoms with E-state index >= 15 is 0 Å². The summed E-state index contributed by atoms with van der Waals surface area (Å²) < 4.78 is 29.2. The van der Waals surface area contributed by atoms with Gasteiger partial charge in [0.2, 0.25) is 5.75 Å². The molecule has 2 aromatic carbocycles. The van der Waals surface area contributed by atoms with Crippen molar-refractivity contribution in [1.29, 1.82) is 0 Å². The predicted octanol–water partition coefficient (Wildman–Crippen LogP) is 3.06. The highest BCUT2D eigenvalue weighted by Gasteiger charge is 2.14. The molecule has 0 amide bonds. The first-order valence-electron chi connectivity index (χ1n) is 8.11. The number of aliphatic hydroxyl groups is 1. The Bertz CT molecular complexity index is 651. The smallest absolute Gasteiger partial charge is 0.203 e. The molecule has 0 fully saturated rings. The second kappa shape index (κ2) is 9.25. The number of ether oxygens (including phenoxy) is 3. The zero-order chi connectivity index (χ0) is 18.2. The van der Waals surface area contributed by atoms with Gasteiger partial charge >= 0.3 is 0 Å². The molecule has 0 unspecified atom stereocenters. The fourth-order valence-electron chi connectivity index (χ4n) is 2.48. The second-order valence-electron chi connectivity index (χ2n) is 5.46. The lowest BCUT2D eigenvalue weighted by molar-refractivity contribution is 0.174. The molecule has 0 aromatic heterocycles. The van der Waals surface area contributed by atoms with Crippen LogP contribution in [0, 0.1) is 5.82 Å². The van der Waals surface area contributed by atoms with E-state index in [4.69, 9.17) is 14.2 Å². The molecule has 0 radical (unpaired) electrons. The minimum Gasteiger partial charge on any atom is -0.493 e. The molecule has 2 aromatic rings. The molecular formula is C19H24FNO4. The minimum atomic E-state index is -0.716. The van der Waals surface area contributed by atoms with Crippen LogP contribution in [-0.4, -0.2) is 32.5 Å². The molecule has 0 aliphatic heterocycles. The van der Waals surface area contributed by atoms with Gasteiger partial charge in [-0.3, -0.25) is 0 Å². The molecule has 0 saturated heterocycles. The third kappa shape index (κ3) is 5.08. The van der Waals surface area contributed by atoms with Crippen molar-refractivity contribution in [3.05, 3.63) is 53.3 Å². The summed E-state index contributed by atoms with van der Waals surface area (Å²) in [6, 6.07) is 9.55. The Morgan fingerprint density at radius 1 is 1.08 bits per heavy atom. The van der Waals surface area contributed by atoms with Crippen LogP contribution in [0.5, 0.6) is 17.2 Å². The number of rotatable bonds is 9. The molecule has 0 spiro atoms. The first-order chi connectivity index (χ1) is 12.1. The van der Waals surface area contributed by atoms with Gasteiger partial charge < -0.3 is 24.6 Å². The number of hydrogen-bond donors (Lipinski definition) is 2. The quantitative estimate of drug-likeness (QED) is 0.729. The summed E-state index contributed by atoms with van der Waals surface area (Å²) in [5, 5.41) is 13.3. The Morgan fingerprint density at radius 3 is 2.20 bits per heavy atom. The van der Waals surface area contributed by atoms with Crippen LogP contribution in [0.15, 0.2) is 36.4 Å². The van der Waals surface area contributed by atoms with Crippen LogP contribution in [0.3, 0.4) is 0 Å². The second-order valence-corrected chi connectivity index (χ2v) is 5.46. The molecule has 1 atom stereocenters. The lowest BCUT2D eigenvalue weighted by Gasteiger charge is -2.16. The molecule has 0 bridgehead atoms. The van der Waals surface area contributed by atoms with Crippen LogP contribution < -0.4 is 19.5 Å². The van der Waals surface area contributed by atoms with Crippen molar-refractivity contribution in [3.8, 4) is 17.2 Å². The molecule has 25 heavy (non-hydrogen) atoms. The molecule has 2 rings (SSSR count). The molecular weight excluding hydrogens is 325 g/mol. The maximum Gasteiger partial charge on any atom is 0.203 e. The summed E-state index contributed by atoms with van der Waals surface area (Å²) >= 11 is 0. The van der Waals surface area contributed by atoms with Crippen molar-refractivity contribution in [2.24, 2.45) is 0 Å². The fourth-order valence-corrected chi connectivity index (χ4v) is 2.48. The van der Waals surface area contributed by atoms with Crippen LogP contribution >= 0.6 is 0 Å². The summed E-state index contributed by atoms with van der Waals surface area (Å²) in [7, 11) is 3.15.